The summed E-state index contributed by atoms with van der Waals surface area (Å²) in [6.07, 6.45) is 0.862. The van der Waals surface area contributed by atoms with Crippen molar-refractivity contribution in [2.24, 2.45) is 0 Å². The molecule has 0 fully saturated rings. The lowest BCUT2D eigenvalue weighted by Crippen LogP contribution is -2.54. The van der Waals surface area contributed by atoms with Crippen molar-refractivity contribution >= 4 is 27.5 Å². The van der Waals surface area contributed by atoms with E-state index in [0.29, 0.717) is 24.3 Å². The van der Waals surface area contributed by atoms with Gasteiger partial charge in [0.15, 0.2) is 11.5 Å². The molecule has 41 heavy (non-hydrogen) atoms. The van der Waals surface area contributed by atoms with E-state index in [1.54, 1.807) is 30.3 Å². The van der Waals surface area contributed by atoms with Crippen molar-refractivity contribution in [2.45, 2.75) is 50.6 Å². The van der Waals surface area contributed by atoms with Crippen LogP contribution in [0.4, 0.5) is 5.69 Å². The van der Waals surface area contributed by atoms with Gasteiger partial charge in [-0.2, -0.15) is 0 Å². The van der Waals surface area contributed by atoms with E-state index in [9.17, 15) is 18.0 Å². The Labute approximate surface area is 243 Å². The highest BCUT2D eigenvalue weighted by molar-refractivity contribution is 7.92. The van der Waals surface area contributed by atoms with Gasteiger partial charge in [-0.3, -0.25) is 13.9 Å². The van der Waals surface area contributed by atoms with Crippen LogP contribution in [0.2, 0.25) is 0 Å². The van der Waals surface area contributed by atoms with Crippen molar-refractivity contribution in [1.82, 2.24) is 10.2 Å². The molecular weight excluding hydrogens is 542 g/mol. The SMILES string of the molecule is CCC(C(=O)NC(C)C)N(CCc1ccccc1)C(=O)CN(c1ccc(OC)c(OC)c1)S(=O)(=O)c1ccccc1. The zero-order chi connectivity index (χ0) is 30.0. The normalized spacial score (nSPS) is 12.0. The van der Waals surface area contributed by atoms with Gasteiger partial charge in [-0.15, -0.1) is 0 Å². The maximum Gasteiger partial charge on any atom is 0.264 e. The molecule has 2 amide bonds. The minimum atomic E-state index is -4.18. The first-order valence-electron chi connectivity index (χ1n) is 13.6. The van der Waals surface area contributed by atoms with Crippen LogP contribution in [0, 0.1) is 0 Å². The third-order valence-electron chi connectivity index (χ3n) is 6.57. The van der Waals surface area contributed by atoms with E-state index in [2.05, 4.69) is 5.32 Å². The molecule has 0 bridgehead atoms. The van der Waals surface area contributed by atoms with Crippen molar-refractivity contribution in [3.63, 3.8) is 0 Å². The minimum Gasteiger partial charge on any atom is -0.493 e. The van der Waals surface area contributed by atoms with E-state index in [1.165, 1.54) is 37.3 Å². The van der Waals surface area contributed by atoms with Crippen LogP contribution in [-0.2, 0) is 26.0 Å². The number of hydrogen-bond donors (Lipinski definition) is 1. The lowest BCUT2D eigenvalue weighted by molar-refractivity contribution is -0.139. The van der Waals surface area contributed by atoms with Gasteiger partial charge >= 0.3 is 0 Å². The molecule has 0 saturated carbocycles. The molecule has 10 heteroatoms. The molecule has 0 aliphatic heterocycles. The average molecular weight is 582 g/mol. The largest absolute Gasteiger partial charge is 0.493 e. The number of methoxy groups -OCH3 is 2. The zero-order valence-electron chi connectivity index (χ0n) is 24.2. The summed E-state index contributed by atoms with van der Waals surface area (Å²) in [5.41, 5.74) is 1.22. The van der Waals surface area contributed by atoms with E-state index in [0.717, 1.165) is 9.87 Å². The number of rotatable bonds is 14. The van der Waals surface area contributed by atoms with Gasteiger partial charge in [-0.1, -0.05) is 55.5 Å². The third-order valence-corrected chi connectivity index (χ3v) is 8.35. The highest BCUT2D eigenvalue weighted by Crippen LogP contribution is 2.34. The van der Waals surface area contributed by atoms with Crippen LogP contribution < -0.4 is 19.1 Å². The van der Waals surface area contributed by atoms with Gasteiger partial charge in [0.05, 0.1) is 24.8 Å². The summed E-state index contributed by atoms with van der Waals surface area (Å²) in [6, 6.07) is 21.3. The monoisotopic (exact) mass is 581 g/mol. The van der Waals surface area contributed by atoms with Gasteiger partial charge in [0.2, 0.25) is 11.8 Å². The van der Waals surface area contributed by atoms with Crippen LogP contribution in [-0.4, -0.2) is 64.5 Å². The molecule has 3 aromatic rings. The number of ether oxygens (including phenoxy) is 2. The van der Waals surface area contributed by atoms with E-state index >= 15 is 0 Å². The van der Waals surface area contributed by atoms with Crippen LogP contribution in [0.25, 0.3) is 0 Å². The molecule has 0 heterocycles. The lowest BCUT2D eigenvalue weighted by Gasteiger charge is -2.33. The van der Waals surface area contributed by atoms with Crippen LogP contribution in [0.15, 0.2) is 83.8 Å². The second-order valence-corrected chi connectivity index (χ2v) is 11.6. The van der Waals surface area contributed by atoms with E-state index in [4.69, 9.17) is 9.47 Å². The number of nitrogens with one attached hydrogen (secondary N) is 1. The van der Waals surface area contributed by atoms with Gasteiger partial charge in [0.25, 0.3) is 10.0 Å². The first-order valence-corrected chi connectivity index (χ1v) is 15.0. The highest BCUT2D eigenvalue weighted by Gasteiger charge is 2.34. The molecule has 3 aromatic carbocycles. The Kier molecular flexibility index (Phi) is 11.2. The number of amides is 2. The number of anilines is 1. The highest BCUT2D eigenvalue weighted by atomic mass is 32.2. The van der Waals surface area contributed by atoms with Crippen LogP contribution >= 0.6 is 0 Å². The molecule has 1 unspecified atom stereocenters. The number of sulfonamides is 1. The number of nitrogens with zero attached hydrogens (tertiary/aromatic N) is 2. The van der Waals surface area contributed by atoms with Crippen molar-refractivity contribution in [3.8, 4) is 11.5 Å². The first kappa shape index (κ1) is 31.5. The summed E-state index contributed by atoms with van der Waals surface area (Å²) in [5, 5.41) is 2.90. The molecule has 220 valence electrons. The topological polar surface area (TPSA) is 105 Å². The van der Waals surface area contributed by atoms with Crippen LogP contribution in [0.3, 0.4) is 0 Å². The second-order valence-electron chi connectivity index (χ2n) is 9.77. The third kappa shape index (κ3) is 8.00. The fourth-order valence-electron chi connectivity index (χ4n) is 4.51. The molecule has 1 N–H and O–H groups in total. The van der Waals surface area contributed by atoms with Gasteiger partial charge < -0.3 is 19.7 Å². The molecule has 0 aliphatic rings. The Bertz CT molecular complexity index is 1400. The van der Waals surface area contributed by atoms with Crippen molar-refractivity contribution in [3.05, 3.63) is 84.4 Å². The van der Waals surface area contributed by atoms with Gasteiger partial charge in [-0.25, -0.2) is 8.42 Å². The molecule has 0 radical (unpaired) electrons. The Hall–Kier alpha value is -4.05. The van der Waals surface area contributed by atoms with E-state index < -0.39 is 28.5 Å². The fraction of sp³-hybridized carbons (Fsp3) is 0.355. The van der Waals surface area contributed by atoms with Crippen molar-refractivity contribution in [2.75, 3.05) is 31.6 Å². The molecular formula is C31H39N3O6S. The van der Waals surface area contributed by atoms with Gasteiger partial charge in [-0.05, 0) is 56.5 Å². The molecule has 0 saturated heterocycles. The predicted molar refractivity (Wildman–Crippen MR) is 160 cm³/mol. The average Bonchev–Trinajstić information content (AvgIpc) is 2.97. The van der Waals surface area contributed by atoms with Crippen molar-refractivity contribution in [1.29, 1.82) is 0 Å². The minimum absolute atomic E-state index is 0.0306. The summed E-state index contributed by atoms with van der Waals surface area (Å²) < 4.78 is 39.7. The van der Waals surface area contributed by atoms with Crippen LogP contribution in [0.5, 0.6) is 11.5 Å². The maximum absolute atomic E-state index is 14.1. The Morgan fingerprint density at radius 2 is 1.49 bits per heavy atom. The first-order chi connectivity index (χ1) is 19.6. The van der Waals surface area contributed by atoms with E-state index in [-0.39, 0.29) is 29.1 Å². The molecule has 0 spiro atoms. The molecule has 1 atom stereocenters. The number of carbonyl (C=O) groups is 2. The predicted octanol–water partition coefficient (Wildman–Crippen LogP) is 4.27. The lowest BCUT2D eigenvalue weighted by atomic mass is 10.1. The second kappa shape index (κ2) is 14.5. The summed E-state index contributed by atoms with van der Waals surface area (Å²) in [5.74, 6) is -0.0524. The summed E-state index contributed by atoms with van der Waals surface area (Å²) >= 11 is 0. The Morgan fingerprint density at radius 3 is 2.05 bits per heavy atom. The van der Waals surface area contributed by atoms with Crippen LogP contribution in [0.1, 0.15) is 32.8 Å². The molecule has 3 rings (SSSR count). The molecule has 0 aliphatic carbocycles. The summed E-state index contributed by atoms with van der Waals surface area (Å²) in [6.45, 7) is 5.25. The molecule has 0 aromatic heterocycles. The number of carbonyl (C=O) groups excluding carboxylic acids is 2. The smallest absolute Gasteiger partial charge is 0.264 e. The zero-order valence-corrected chi connectivity index (χ0v) is 25.1. The number of benzene rings is 3. The van der Waals surface area contributed by atoms with Gasteiger partial charge in [0, 0.05) is 18.7 Å². The molecule has 9 nitrogen and oxygen atoms in total. The Morgan fingerprint density at radius 1 is 0.878 bits per heavy atom. The van der Waals surface area contributed by atoms with Crippen molar-refractivity contribution < 1.29 is 27.5 Å². The summed E-state index contributed by atoms with van der Waals surface area (Å²) in [7, 11) is -1.24. The standard InChI is InChI=1S/C31H39N3O6S/c1-6-27(31(36)32-23(2)3)33(20-19-24-13-9-7-10-14-24)30(35)22-34(41(37,38)26-15-11-8-12-16-26)25-17-18-28(39-4)29(21-25)40-5/h7-18,21,23,27H,6,19-20,22H2,1-5H3,(H,32,36). The Balaban J connectivity index is 2.05. The summed E-state index contributed by atoms with van der Waals surface area (Å²) in [4.78, 5) is 28.8. The fourth-order valence-corrected chi connectivity index (χ4v) is 5.93. The van der Waals surface area contributed by atoms with Gasteiger partial charge in [0.1, 0.15) is 12.6 Å². The maximum atomic E-state index is 14.1. The quantitative estimate of drug-likeness (QED) is 0.305. The van der Waals surface area contributed by atoms with E-state index in [1.807, 2.05) is 51.1 Å². The number of hydrogen-bond acceptors (Lipinski definition) is 6.